The molecule has 5 rings (SSSR count). The average Bonchev–Trinajstić information content (AvgIpc) is 3.52. The number of halogens is 1. The van der Waals surface area contributed by atoms with E-state index in [0.717, 1.165) is 49.8 Å². The first-order valence-electron chi connectivity index (χ1n) is 11.3. The van der Waals surface area contributed by atoms with Crippen LogP contribution < -0.4 is 0 Å². The van der Waals surface area contributed by atoms with Gasteiger partial charge < -0.3 is 4.42 Å². The van der Waals surface area contributed by atoms with Crippen LogP contribution >= 0.6 is 11.6 Å². The lowest BCUT2D eigenvalue weighted by Gasteiger charge is -2.35. The minimum Gasteiger partial charge on any atom is -0.467 e. The van der Waals surface area contributed by atoms with Gasteiger partial charge in [0.05, 0.1) is 18.5 Å². The number of hydrogen-bond acceptors (Lipinski definition) is 5. The molecule has 0 unspecified atom stereocenters. The van der Waals surface area contributed by atoms with Gasteiger partial charge in [-0.3, -0.25) is 14.6 Å². The maximum atomic E-state index is 13.3. The summed E-state index contributed by atoms with van der Waals surface area (Å²) in [7, 11) is 0. The van der Waals surface area contributed by atoms with Crippen LogP contribution in [0.4, 0.5) is 0 Å². The molecule has 3 heterocycles. The zero-order chi connectivity index (χ0) is 22.6. The lowest BCUT2D eigenvalue weighted by Crippen LogP contribution is -2.49. The molecule has 33 heavy (non-hydrogen) atoms. The molecule has 0 bridgehead atoms. The minimum atomic E-state index is -0.224. The average molecular weight is 463 g/mol. The molecule has 0 radical (unpaired) electrons. The third kappa shape index (κ3) is 5.19. The fraction of sp³-hybridized carbons (Fsp3) is 0.308. The molecule has 0 aliphatic carbocycles. The molecule has 7 heteroatoms. The highest BCUT2D eigenvalue weighted by Gasteiger charge is 2.35. The largest absolute Gasteiger partial charge is 0.467 e. The van der Waals surface area contributed by atoms with E-state index in [-0.39, 0.29) is 11.9 Å². The van der Waals surface area contributed by atoms with Crippen molar-refractivity contribution in [3.8, 4) is 0 Å². The molecule has 0 N–H and O–H groups in total. The summed E-state index contributed by atoms with van der Waals surface area (Å²) in [6, 6.07) is 21.6. The van der Waals surface area contributed by atoms with Gasteiger partial charge in [-0.2, -0.15) is 5.10 Å². The zero-order valence-electron chi connectivity index (χ0n) is 18.4. The normalized spacial score (nSPS) is 19.6. The van der Waals surface area contributed by atoms with Gasteiger partial charge in [0.1, 0.15) is 11.8 Å². The third-order valence-corrected chi connectivity index (χ3v) is 6.54. The van der Waals surface area contributed by atoms with E-state index in [1.807, 2.05) is 42.5 Å². The standard InChI is InChI=1S/C26H27ClN4O2/c27-22-10-8-21(9-11-22)23-17-24(25-7-4-16-33-25)31(28-23)26(32)19-30-14-12-29(13-15-30)18-20-5-2-1-3-6-20/h1-11,16,24H,12-15,17-19H2/t24-/m0/s1. The molecule has 2 aliphatic rings. The van der Waals surface area contributed by atoms with Crippen molar-refractivity contribution in [2.24, 2.45) is 5.10 Å². The van der Waals surface area contributed by atoms with Crippen LogP contribution in [-0.2, 0) is 11.3 Å². The van der Waals surface area contributed by atoms with Crippen LogP contribution in [0, 0.1) is 0 Å². The maximum absolute atomic E-state index is 13.3. The van der Waals surface area contributed by atoms with Gasteiger partial charge in [-0.1, -0.05) is 54.1 Å². The number of hydrazone groups is 1. The molecule has 1 fully saturated rings. The maximum Gasteiger partial charge on any atom is 0.257 e. The van der Waals surface area contributed by atoms with E-state index < -0.39 is 0 Å². The SMILES string of the molecule is O=C(CN1CCN(Cc2ccccc2)CC1)N1N=C(c2ccc(Cl)cc2)C[C@H]1c1ccco1. The summed E-state index contributed by atoms with van der Waals surface area (Å²) in [5.41, 5.74) is 3.17. The van der Waals surface area contributed by atoms with Crippen LogP contribution in [-0.4, -0.2) is 59.2 Å². The number of rotatable bonds is 6. The van der Waals surface area contributed by atoms with Gasteiger partial charge in [0, 0.05) is 44.2 Å². The van der Waals surface area contributed by atoms with E-state index in [0.29, 0.717) is 18.0 Å². The first kappa shape index (κ1) is 21.9. The van der Waals surface area contributed by atoms with Crippen LogP contribution in [0.1, 0.15) is 29.3 Å². The number of piperazine rings is 1. The number of hydrogen-bond donors (Lipinski definition) is 0. The van der Waals surface area contributed by atoms with E-state index >= 15 is 0 Å². The van der Waals surface area contributed by atoms with E-state index in [9.17, 15) is 4.79 Å². The molecule has 0 spiro atoms. The second kappa shape index (κ2) is 9.91. The van der Waals surface area contributed by atoms with Crippen molar-refractivity contribution >= 4 is 23.2 Å². The minimum absolute atomic E-state index is 0.00290. The van der Waals surface area contributed by atoms with Crippen molar-refractivity contribution < 1.29 is 9.21 Å². The Balaban J connectivity index is 1.23. The number of carbonyl (C=O) groups excluding carboxylic acids is 1. The Morgan fingerprint density at radius 2 is 1.67 bits per heavy atom. The Labute approximate surface area is 199 Å². The first-order valence-corrected chi connectivity index (χ1v) is 11.7. The summed E-state index contributed by atoms with van der Waals surface area (Å²) < 4.78 is 5.65. The van der Waals surface area contributed by atoms with Crippen LogP contribution in [0.2, 0.25) is 5.02 Å². The molecule has 3 aromatic rings. The van der Waals surface area contributed by atoms with E-state index in [2.05, 4.69) is 34.1 Å². The zero-order valence-corrected chi connectivity index (χ0v) is 19.2. The third-order valence-electron chi connectivity index (χ3n) is 6.29. The number of furan rings is 1. The van der Waals surface area contributed by atoms with Crippen LogP contribution in [0.3, 0.4) is 0 Å². The van der Waals surface area contributed by atoms with Crippen molar-refractivity contribution in [1.29, 1.82) is 0 Å². The van der Waals surface area contributed by atoms with Crippen LogP contribution in [0.25, 0.3) is 0 Å². The van der Waals surface area contributed by atoms with Gasteiger partial charge in [-0.05, 0) is 35.4 Å². The number of benzene rings is 2. The van der Waals surface area contributed by atoms with Crippen molar-refractivity contribution in [1.82, 2.24) is 14.8 Å². The molecule has 2 aromatic carbocycles. The van der Waals surface area contributed by atoms with Crippen molar-refractivity contribution in [3.63, 3.8) is 0 Å². The predicted molar refractivity (Wildman–Crippen MR) is 129 cm³/mol. The molecular formula is C26H27ClN4O2. The predicted octanol–water partition coefficient (Wildman–Crippen LogP) is 4.43. The fourth-order valence-corrected chi connectivity index (χ4v) is 4.60. The lowest BCUT2D eigenvalue weighted by atomic mass is 10.0. The van der Waals surface area contributed by atoms with Crippen molar-refractivity contribution in [3.05, 3.63) is 94.9 Å². The summed E-state index contributed by atoms with van der Waals surface area (Å²) >= 11 is 6.04. The Kier molecular flexibility index (Phi) is 6.58. The molecule has 1 amide bonds. The molecule has 1 saturated heterocycles. The molecular weight excluding hydrogens is 436 g/mol. The number of nitrogens with zero attached hydrogens (tertiary/aromatic N) is 4. The Morgan fingerprint density at radius 1 is 0.939 bits per heavy atom. The Hall–Kier alpha value is -2.93. The summed E-state index contributed by atoms with van der Waals surface area (Å²) in [5.74, 6) is 0.751. The Bertz CT molecular complexity index is 1090. The van der Waals surface area contributed by atoms with E-state index in [1.54, 1.807) is 11.3 Å². The second-order valence-corrected chi connectivity index (χ2v) is 9.00. The highest BCUT2D eigenvalue weighted by Crippen LogP contribution is 2.33. The molecule has 1 atom stereocenters. The number of carbonyl (C=O) groups is 1. The van der Waals surface area contributed by atoms with Crippen LogP contribution in [0.15, 0.2) is 82.5 Å². The van der Waals surface area contributed by atoms with Gasteiger partial charge in [0.2, 0.25) is 0 Å². The number of amides is 1. The van der Waals surface area contributed by atoms with Gasteiger partial charge in [0.25, 0.3) is 5.91 Å². The topological polar surface area (TPSA) is 52.3 Å². The second-order valence-electron chi connectivity index (χ2n) is 8.57. The monoisotopic (exact) mass is 462 g/mol. The molecule has 0 saturated carbocycles. The van der Waals surface area contributed by atoms with Gasteiger partial charge in [-0.15, -0.1) is 0 Å². The molecule has 6 nitrogen and oxygen atoms in total. The fourth-order valence-electron chi connectivity index (χ4n) is 4.47. The first-order chi connectivity index (χ1) is 16.2. The van der Waals surface area contributed by atoms with Gasteiger partial charge >= 0.3 is 0 Å². The quantitative estimate of drug-likeness (QED) is 0.544. The van der Waals surface area contributed by atoms with Gasteiger partial charge in [0.15, 0.2) is 0 Å². The highest BCUT2D eigenvalue weighted by atomic mass is 35.5. The summed E-state index contributed by atoms with van der Waals surface area (Å²) in [5, 5.41) is 7.01. The summed E-state index contributed by atoms with van der Waals surface area (Å²) in [4.78, 5) is 18.0. The smallest absolute Gasteiger partial charge is 0.257 e. The van der Waals surface area contributed by atoms with E-state index in [4.69, 9.17) is 21.1 Å². The Morgan fingerprint density at radius 3 is 2.36 bits per heavy atom. The summed E-state index contributed by atoms with van der Waals surface area (Å²) in [6.45, 7) is 4.93. The molecule has 2 aliphatic heterocycles. The van der Waals surface area contributed by atoms with Crippen molar-refractivity contribution in [2.75, 3.05) is 32.7 Å². The van der Waals surface area contributed by atoms with Crippen LogP contribution in [0.5, 0.6) is 0 Å². The van der Waals surface area contributed by atoms with Gasteiger partial charge in [-0.25, -0.2) is 5.01 Å². The lowest BCUT2D eigenvalue weighted by molar-refractivity contribution is -0.135. The van der Waals surface area contributed by atoms with E-state index in [1.165, 1.54) is 5.56 Å². The summed E-state index contributed by atoms with van der Waals surface area (Å²) in [6.07, 6.45) is 2.26. The molecule has 170 valence electrons. The van der Waals surface area contributed by atoms with Crippen molar-refractivity contribution in [2.45, 2.75) is 19.0 Å². The highest BCUT2D eigenvalue weighted by molar-refractivity contribution is 6.30. The molecule has 1 aromatic heterocycles.